The molecule has 0 aliphatic heterocycles. The van der Waals surface area contributed by atoms with Gasteiger partial charge in [-0.25, -0.2) is 9.48 Å². The van der Waals surface area contributed by atoms with Gasteiger partial charge in [0.25, 0.3) is 0 Å². The highest BCUT2D eigenvalue weighted by atomic mass is 19.1. The lowest BCUT2D eigenvalue weighted by molar-refractivity contribution is -0.387. The van der Waals surface area contributed by atoms with Crippen LogP contribution in [-0.4, -0.2) is 31.0 Å². The molecule has 0 spiro atoms. The minimum Gasteiger partial charge on any atom is -0.476 e. The average molecular weight is 266 g/mol. The van der Waals surface area contributed by atoms with E-state index in [1.54, 1.807) is 0 Å². The van der Waals surface area contributed by atoms with Crippen molar-refractivity contribution in [1.29, 1.82) is 0 Å². The summed E-state index contributed by atoms with van der Waals surface area (Å²) in [6.07, 6.45) is 1.18. The Kier molecular flexibility index (Phi) is 3.19. The van der Waals surface area contributed by atoms with Gasteiger partial charge in [-0.05, 0) is 11.6 Å². The van der Waals surface area contributed by atoms with Crippen LogP contribution in [0, 0.1) is 15.9 Å². The Labute approximate surface area is 105 Å². The third-order valence-corrected chi connectivity index (χ3v) is 2.31. The number of hydrogen-bond donors (Lipinski definition) is 1. The summed E-state index contributed by atoms with van der Waals surface area (Å²) in [5.41, 5.74) is -0.444. The van der Waals surface area contributed by atoms with Crippen molar-refractivity contribution in [1.82, 2.24) is 15.0 Å². The number of aromatic carboxylic acids is 1. The lowest BCUT2D eigenvalue weighted by atomic mass is 10.2. The molecule has 0 fully saturated rings. The molecule has 0 saturated carbocycles. The van der Waals surface area contributed by atoms with Crippen LogP contribution in [0.25, 0.3) is 0 Å². The summed E-state index contributed by atoms with van der Waals surface area (Å²) in [6, 6.07) is 3.41. The van der Waals surface area contributed by atoms with E-state index in [-0.39, 0.29) is 12.2 Å². The van der Waals surface area contributed by atoms with Crippen molar-refractivity contribution in [2.45, 2.75) is 6.54 Å². The molecule has 0 radical (unpaired) electrons. The van der Waals surface area contributed by atoms with Crippen LogP contribution in [0.15, 0.2) is 24.4 Å². The molecule has 1 aromatic heterocycles. The van der Waals surface area contributed by atoms with E-state index in [1.807, 2.05) is 0 Å². The number of nitrogens with zero attached hydrogens (tertiary/aromatic N) is 4. The minimum atomic E-state index is -1.22. The number of carbonyl (C=O) groups is 1. The van der Waals surface area contributed by atoms with Gasteiger partial charge in [-0.2, -0.15) is 4.39 Å². The normalized spacial score (nSPS) is 10.4. The van der Waals surface area contributed by atoms with Gasteiger partial charge in [0.2, 0.25) is 5.82 Å². The molecule has 0 aliphatic carbocycles. The van der Waals surface area contributed by atoms with E-state index in [0.29, 0.717) is 5.56 Å². The number of rotatable bonds is 4. The molecular weight excluding hydrogens is 259 g/mol. The highest BCUT2D eigenvalue weighted by molar-refractivity contribution is 5.84. The predicted molar refractivity (Wildman–Crippen MR) is 59.1 cm³/mol. The molecule has 0 atom stereocenters. The van der Waals surface area contributed by atoms with Crippen LogP contribution in [-0.2, 0) is 6.54 Å². The van der Waals surface area contributed by atoms with Gasteiger partial charge in [-0.1, -0.05) is 11.3 Å². The van der Waals surface area contributed by atoms with Gasteiger partial charge < -0.3 is 5.11 Å². The van der Waals surface area contributed by atoms with Gasteiger partial charge in [0.05, 0.1) is 17.7 Å². The van der Waals surface area contributed by atoms with E-state index in [2.05, 4.69) is 10.3 Å². The molecule has 1 heterocycles. The number of nitro groups is 1. The van der Waals surface area contributed by atoms with Gasteiger partial charge in [0.1, 0.15) is 0 Å². The van der Waals surface area contributed by atoms with Gasteiger partial charge in [-0.15, -0.1) is 5.10 Å². The predicted octanol–water partition coefficient (Wildman–Crippen LogP) is 1.07. The monoisotopic (exact) mass is 266 g/mol. The Morgan fingerprint density at radius 3 is 2.79 bits per heavy atom. The second kappa shape index (κ2) is 4.80. The van der Waals surface area contributed by atoms with E-state index in [9.17, 15) is 19.3 Å². The van der Waals surface area contributed by atoms with Crippen LogP contribution in [0.1, 0.15) is 16.1 Å². The molecule has 0 bridgehead atoms. The van der Waals surface area contributed by atoms with Crippen molar-refractivity contribution in [3.8, 4) is 0 Å². The van der Waals surface area contributed by atoms with Crippen molar-refractivity contribution in [3.63, 3.8) is 0 Å². The van der Waals surface area contributed by atoms with Crippen LogP contribution < -0.4 is 0 Å². The van der Waals surface area contributed by atoms with E-state index in [0.717, 1.165) is 12.1 Å². The molecule has 1 N–H and O–H groups in total. The van der Waals surface area contributed by atoms with Crippen molar-refractivity contribution in [3.05, 3.63) is 51.6 Å². The number of halogens is 1. The summed E-state index contributed by atoms with van der Waals surface area (Å²) in [6.45, 7) is 0.0647. The lowest BCUT2D eigenvalue weighted by Gasteiger charge is -2.01. The fourth-order valence-electron chi connectivity index (χ4n) is 1.46. The molecule has 0 saturated heterocycles. The maximum absolute atomic E-state index is 13.4. The summed E-state index contributed by atoms with van der Waals surface area (Å²) < 4.78 is 14.6. The van der Waals surface area contributed by atoms with Crippen molar-refractivity contribution in [2.75, 3.05) is 0 Å². The first kappa shape index (κ1) is 12.6. The lowest BCUT2D eigenvalue weighted by Crippen LogP contribution is -2.02. The first-order valence-electron chi connectivity index (χ1n) is 5.03. The fourth-order valence-corrected chi connectivity index (χ4v) is 1.46. The van der Waals surface area contributed by atoms with Gasteiger partial charge in [-0.3, -0.25) is 10.1 Å². The second-order valence-corrected chi connectivity index (χ2v) is 3.65. The van der Waals surface area contributed by atoms with E-state index in [1.165, 1.54) is 16.9 Å². The van der Waals surface area contributed by atoms with E-state index >= 15 is 0 Å². The molecule has 0 amide bonds. The molecule has 19 heavy (non-hydrogen) atoms. The average Bonchev–Trinajstić information content (AvgIpc) is 2.77. The van der Waals surface area contributed by atoms with Gasteiger partial charge in [0.15, 0.2) is 5.69 Å². The molecule has 2 rings (SSSR count). The highest BCUT2D eigenvalue weighted by Gasteiger charge is 2.14. The first-order chi connectivity index (χ1) is 8.97. The van der Waals surface area contributed by atoms with Crippen LogP contribution in [0.2, 0.25) is 0 Å². The maximum atomic E-state index is 13.4. The standard InChI is InChI=1S/C10H7FN4O4/c11-7-3-6(1-2-9(7)15(18)19)4-14-5-8(10(16)17)12-13-14/h1-3,5H,4H2,(H,16,17). The first-order valence-corrected chi connectivity index (χ1v) is 5.03. The molecule has 98 valence electrons. The number of hydrogen-bond acceptors (Lipinski definition) is 5. The number of nitro benzene ring substituents is 1. The SMILES string of the molecule is O=C(O)c1cn(Cc2ccc([N+](=O)[O-])c(F)c2)nn1. The minimum absolute atomic E-state index is 0.0647. The number of carboxylic acids is 1. The molecule has 2 aromatic rings. The summed E-state index contributed by atoms with van der Waals surface area (Å²) in [5, 5.41) is 26.0. The Morgan fingerprint density at radius 2 is 2.26 bits per heavy atom. The van der Waals surface area contributed by atoms with Crippen LogP contribution in [0.4, 0.5) is 10.1 Å². The van der Waals surface area contributed by atoms with Crippen molar-refractivity contribution < 1.29 is 19.2 Å². The third-order valence-electron chi connectivity index (χ3n) is 2.31. The largest absolute Gasteiger partial charge is 0.476 e. The zero-order valence-electron chi connectivity index (χ0n) is 9.36. The molecule has 0 unspecified atom stereocenters. The Morgan fingerprint density at radius 1 is 1.53 bits per heavy atom. The topological polar surface area (TPSA) is 111 Å². The maximum Gasteiger partial charge on any atom is 0.358 e. The van der Waals surface area contributed by atoms with Crippen LogP contribution in [0.3, 0.4) is 0 Å². The van der Waals surface area contributed by atoms with Crippen molar-refractivity contribution >= 4 is 11.7 Å². The molecule has 1 aromatic carbocycles. The molecule has 8 nitrogen and oxygen atoms in total. The Bertz CT molecular complexity index is 655. The van der Waals surface area contributed by atoms with Crippen LogP contribution >= 0.6 is 0 Å². The van der Waals surface area contributed by atoms with E-state index < -0.39 is 22.4 Å². The number of aromatic nitrogens is 3. The summed E-state index contributed by atoms with van der Waals surface area (Å²) in [7, 11) is 0. The zero-order valence-corrected chi connectivity index (χ0v) is 9.36. The third kappa shape index (κ3) is 2.70. The zero-order chi connectivity index (χ0) is 14.0. The smallest absolute Gasteiger partial charge is 0.358 e. The highest BCUT2D eigenvalue weighted by Crippen LogP contribution is 2.18. The van der Waals surface area contributed by atoms with E-state index in [4.69, 9.17) is 5.11 Å². The summed E-state index contributed by atoms with van der Waals surface area (Å²) >= 11 is 0. The van der Waals surface area contributed by atoms with Gasteiger partial charge >= 0.3 is 11.7 Å². The summed E-state index contributed by atoms with van der Waals surface area (Å²) in [4.78, 5) is 20.2. The Balaban J connectivity index is 2.21. The second-order valence-electron chi connectivity index (χ2n) is 3.65. The van der Waals surface area contributed by atoms with Gasteiger partial charge in [0, 0.05) is 6.07 Å². The molecule has 0 aliphatic rings. The summed E-state index contributed by atoms with van der Waals surface area (Å²) in [5.74, 6) is -2.18. The molecular formula is C10H7FN4O4. The van der Waals surface area contributed by atoms with Crippen LogP contribution in [0.5, 0.6) is 0 Å². The fraction of sp³-hybridized carbons (Fsp3) is 0.100. The Hall–Kier alpha value is -2.84. The number of benzene rings is 1. The number of carboxylic acid groups (broad SMARTS) is 1. The quantitative estimate of drug-likeness (QED) is 0.654. The van der Waals surface area contributed by atoms with Crippen molar-refractivity contribution in [2.24, 2.45) is 0 Å². The molecule has 9 heteroatoms.